The third-order valence-corrected chi connectivity index (χ3v) is 2.29. The Labute approximate surface area is 86.9 Å². The van der Waals surface area contributed by atoms with Crippen LogP contribution in [0.25, 0.3) is 0 Å². The van der Waals surface area contributed by atoms with Gasteiger partial charge in [0.2, 0.25) is 11.8 Å². The van der Waals surface area contributed by atoms with E-state index in [9.17, 15) is 9.59 Å². The van der Waals surface area contributed by atoms with Crippen molar-refractivity contribution in [3.8, 4) is 0 Å². The average molecular weight is 205 g/mol. The van der Waals surface area contributed by atoms with Gasteiger partial charge in [0.15, 0.2) is 0 Å². The van der Waals surface area contributed by atoms with Crippen molar-refractivity contribution in [2.45, 2.75) is 19.4 Å². The van der Waals surface area contributed by atoms with Crippen LogP contribution in [-0.2, 0) is 9.59 Å². The Morgan fingerprint density at radius 2 is 2.33 bits per heavy atom. The van der Waals surface area contributed by atoms with Gasteiger partial charge in [-0.25, -0.2) is 4.98 Å². The van der Waals surface area contributed by atoms with E-state index < -0.39 is 6.04 Å². The Kier molecular flexibility index (Phi) is 2.37. The first-order valence-corrected chi connectivity index (χ1v) is 4.68. The topological polar surface area (TPSA) is 71.1 Å². The summed E-state index contributed by atoms with van der Waals surface area (Å²) in [7, 11) is 0. The van der Waals surface area contributed by atoms with E-state index in [4.69, 9.17) is 0 Å². The highest BCUT2D eigenvalue weighted by atomic mass is 16.2. The highest BCUT2D eigenvalue weighted by Crippen LogP contribution is 2.13. The van der Waals surface area contributed by atoms with Crippen molar-refractivity contribution in [2.75, 3.05) is 5.32 Å². The lowest BCUT2D eigenvalue weighted by molar-refractivity contribution is -0.124. The van der Waals surface area contributed by atoms with Crippen molar-refractivity contribution >= 4 is 17.6 Å². The summed E-state index contributed by atoms with van der Waals surface area (Å²) in [4.78, 5) is 26.3. The van der Waals surface area contributed by atoms with Gasteiger partial charge in [-0.1, -0.05) is 6.07 Å². The lowest BCUT2D eigenvalue weighted by Crippen LogP contribution is -2.30. The molecule has 0 saturated carbocycles. The molecule has 15 heavy (non-hydrogen) atoms. The van der Waals surface area contributed by atoms with Crippen LogP contribution in [0.4, 0.5) is 5.82 Å². The number of aryl methyl sites for hydroxylation is 1. The highest BCUT2D eigenvalue weighted by Gasteiger charge is 2.30. The molecule has 0 aliphatic carbocycles. The van der Waals surface area contributed by atoms with E-state index in [2.05, 4.69) is 15.6 Å². The van der Waals surface area contributed by atoms with Crippen molar-refractivity contribution < 1.29 is 9.59 Å². The molecule has 0 aromatic carbocycles. The molecule has 0 radical (unpaired) electrons. The van der Waals surface area contributed by atoms with Crippen LogP contribution in [0.3, 0.4) is 0 Å². The fourth-order valence-corrected chi connectivity index (χ4v) is 1.47. The molecular weight excluding hydrogens is 194 g/mol. The van der Waals surface area contributed by atoms with Gasteiger partial charge in [0, 0.05) is 6.20 Å². The maximum Gasteiger partial charge on any atom is 0.249 e. The summed E-state index contributed by atoms with van der Waals surface area (Å²) in [6, 6.07) is 3.22. The van der Waals surface area contributed by atoms with E-state index in [0.29, 0.717) is 5.82 Å². The molecule has 2 heterocycles. The normalized spacial score (nSPS) is 20.2. The monoisotopic (exact) mass is 205 g/mol. The highest BCUT2D eigenvalue weighted by molar-refractivity contribution is 6.06. The number of hydrogen-bond acceptors (Lipinski definition) is 4. The SMILES string of the molecule is Cc1cccnc1NC1CC(=O)NC1=O. The number of rotatable bonds is 2. The second kappa shape index (κ2) is 3.68. The molecule has 5 heteroatoms. The van der Waals surface area contributed by atoms with Crippen LogP contribution < -0.4 is 10.6 Å². The molecule has 2 rings (SSSR count). The maximum atomic E-state index is 11.3. The van der Waals surface area contributed by atoms with Crippen molar-refractivity contribution in [3.63, 3.8) is 0 Å². The zero-order chi connectivity index (χ0) is 10.8. The van der Waals surface area contributed by atoms with Gasteiger partial charge in [0.05, 0.1) is 6.42 Å². The molecule has 1 aromatic heterocycles. The van der Waals surface area contributed by atoms with Gasteiger partial charge in [-0.2, -0.15) is 0 Å². The van der Waals surface area contributed by atoms with Crippen LogP contribution in [-0.4, -0.2) is 22.8 Å². The molecule has 1 saturated heterocycles. The fourth-order valence-electron chi connectivity index (χ4n) is 1.47. The second-order valence-corrected chi connectivity index (χ2v) is 3.48. The fraction of sp³-hybridized carbons (Fsp3) is 0.300. The number of nitrogens with one attached hydrogen (secondary N) is 2. The minimum Gasteiger partial charge on any atom is -0.358 e. The smallest absolute Gasteiger partial charge is 0.249 e. The van der Waals surface area contributed by atoms with Gasteiger partial charge >= 0.3 is 0 Å². The molecule has 1 aromatic rings. The Hall–Kier alpha value is -1.91. The molecular formula is C10H11N3O2. The summed E-state index contributed by atoms with van der Waals surface area (Å²) < 4.78 is 0. The van der Waals surface area contributed by atoms with Gasteiger partial charge in [0.1, 0.15) is 11.9 Å². The van der Waals surface area contributed by atoms with Crippen molar-refractivity contribution in [1.82, 2.24) is 10.3 Å². The summed E-state index contributed by atoms with van der Waals surface area (Å²) in [5.41, 5.74) is 0.949. The van der Waals surface area contributed by atoms with Crippen LogP contribution in [0, 0.1) is 6.92 Å². The minimum absolute atomic E-state index is 0.175. The molecule has 1 atom stereocenters. The Bertz CT molecular complexity index is 417. The van der Waals surface area contributed by atoms with Gasteiger partial charge < -0.3 is 5.32 Å². The average Bonchev–Trinajstić information content (AvgIpc) is 2.49. The van der Waals surface area contributed by atoms with Gasteiger partial charge in [-0.15, -0.1) is 0 Å². The number of nitrogens with zero attached hydrogens (tertiary/aromatic N) is 1. The zero-order valence-electron chi connectivity index (χ0n) is 8.28. The predicted molar refractivity (Wildman–Crippen MR) is 54.2 cm³/mol. The van der Waals surface area contributed by atoms with Gasteiger partial charge in [-0.3, -0.25) is 14.9 Å². The first-order chi connectivity index (χ1) is 7.16. The standard InChI is InChI=1S/C10H11N3O2/c1-6-3-2-4-11-9(6)12-7-5-8(14)13-10(7)15/h2-4,7H,5H2,1H3,(H,11,12)(H,13,14,15). The van der Waals surface area contributed by atoms with E-state index in [1.54, 1.807) is 6.20 Å². The Balaban J connectivity index is 2.13. The zero-order valence-corrected chi connectivity index (χ0v) is 8.28. The number of carbonyl (C=O) groups is 2. The van der Waals surface area contributed by atoms with E-state index in [-0.39, 0.29) is 18.2 Å². The lowest BCUT2D eigenvalue weighted by atomic mass is 10.2. The summed E-state index contributed by atoms with van der Waals surface area (Å²) in [6.45, 7) is 1.89. The first kappa shape index (κ1) is 9.64. The number of hydrogen-bond donors (Lipinski definition) is 2. The van der Waals surface area contributed by atoms with Crippen LogP contribution in [0.5, 0.6) is 0 Å². The van der Waals surface area contributed by atoms with Crippen LogP contribution in [0.2, 0.25) is 0 Å². The molecule has 2 N–H and O–H groups in total. The van der Waals surface area contributed by atoms with Gasteiger partial charge in [-0.05, 0) is 18.6 Å². The van der Waals surface area contributed by atoms with E-state index in [0.717, 1.165) is 5.56 Å². The van der Waals surface area contributed by atoms with E-state index in [1.165, 1.54) is 0 Å². The molecule has 78 valence electrons. The number of carbonyl (C=O) groups excluding carboxylic acids is 2. The van der Waals surface area contributed by atoms with Crippen molar-refractivity contribution in [3.05, 3.63) is 23.9 Å². The van der Waals surface area contributed by atoms with Crippen molar-refractivity contribution in [2.24, 2.45) is 0 Å². The third-order valence-electron chi connectivity index (χ3n) is 2.29. The van der Waals surface area contributed by atoms with E-state index in [1.807, 2.05) is 19.1 Å². The summed E-state index contributed by atoms with van der Waals surface area (Å²) in [5.74, 6) is 0.114. The Morgan fingerprint density at radius 3 is 2.93 bits per heavy atom. The number of aromatic nitrogens is 1. The van der Waals surface area contributed by atoms with E-state index >= 15 is 0 Å². The summed E-state index contributed by atoms with van der Waals surface area (Å²) >= 11 is 0. The second-order valence-electron chi connectivity index (χ2n) is 3.48. The molecule has 1 fully saturated rings. The lowest BCUT2D eigenvalue weighted by Gasteiger charge is -2.11. The number of anilines is 1. The first-order valence-electron chi connectivity index (χ1n) is 4.68. The molecule has 2 amide bonds. The number of pyridine rings is 1. The number of amides is 2. The quantitative estimate of drug-likeness (QED) is 0.677. The largest absolute Gasteiger partial charge is 0.358 e. The van der Waals surface area contributed by atoms with Crippen LogP contribution >= 0.6 is 0 Å². The molecule has 1 aliphatic heterocycles. The minimum atomic E-state index is -0.494. The summed E-state index contributed by atoms with van der Waals surface area (Å²) in [6.07, 6.45) is 1.82. The molecule has 1 aliphatic rings. The van der Waals surface area contributed by atoms with Gasteiger partial charge in [0.25, 0.3) is 0 Å². The Morgan fingerprint density at radius 1 is 1.53 bits per heavy atom. The molecule has 0 bridgehead atoms. The van der Waals surface area contributed by atoms with Crippen LogP contribution in [0.1, 0.15) is 12.0 Å². The molecule has 1 unspecified atom stereocenters. The molecule has 0 spiro atoms. The maximum absolute atomic E-state index is 11.3. The van der Waals surface area contributed by atoms with Crippen LogP contribution in [0.15, 0.2) is 18.3 Å². The predicted octanol–water partition coefficient (Wildman–Crippen LogP) is 0.217. The summed E-state index contributed by atoms with van der Waals surface area (Å²) in [5, 5.41) is 5.18. The molecule has 5 nitrogen and oxygen atoms in total. The number of imide groups is 1. The van der Waals surface area contributed by atoms with Crippen molar-refractivity contribution in [1.29, 1.82) is 0 Å². The third kappa shape index (κ3) is 1.96.